The van der Waals surface area contributed by atoms with Crippen molar-refractivity contribution in [2.75, 3.05) is 0 Å². The zero-order chi connectivity index (χ0) is 16.7. The monoisotopic (exact) mass is 330 g/mol. The van der Waals surface area contributed by atoms with E-state index >= 15 is 0 Å². The standard InChI is InChI=1S/C20H26O4/c1-12(21)23-17-6-5-15-16-4-3-13-11-14(22)7-8-19(13)20(16,24-19)10-9-18(15,17)2/h11,15-17H,3-10H2,1-2H3/t15-,16-,17-,18+,19+,20-/m1/s1. The Kier molecular flexibility index (Phi) is 2.84. The molecule has 0 aromatic rings. The summed E-state index contributed by atoms with van der Waals surface area (Å²) >= 11 is 0. The summed E-state index contributed by atoms with van der Waals surface area (Å²) in [6.45, 7) is 3.85. The maximum absolute atomic E-state index is 11.8. The normalized spacial score (nSPS) is 51.7. The second-order valence-electron chi connectivity index (χ2n) is 8.89. The summed E-state index contributed by atoms with van der Waals surface area (Å²) in [5, 5.41) is 0. The van der Waals surface area contributed by atoms with Gasteiger partial charge in [-0.1, -0.05) is 6.92 Å². The van der Waals surface area contributed by atoms with E-state index in [-0.39, 0.29) is 34.5 Å². The average molecular weight is 330 g/mol. The maximum Gasteiger partial charge on any atom is 0.302 e. The predicted molar refractivity (Wildman–Crippen MR) is 87.2 cm³/mol. The van der Waals surface area contributed by atoms with E-state index in [4.69, 9.17) is 9.47 Å². The highest BCUT2D eigenvalue weighted by Gasteiger charge is 2.79. The Balaban J connectivity index is 1.48. The van der Waals surface area contributed by atoms with E-state index in [2.05, 4.69) is 6.92 Å². The lowest BCUT2D eigenvalue weighted by molar-refractivity contribution is -0.155. The molecule has 0 aromatic carbocycles. The van der Waals surface area contributed by atoms with Gasteiger partial charge in [-0.05, 0) is 68.4 Å². The third-order valence-electron chi connectivity index (χ3n) is 8.05. The van der Waals surface area contributed by atoms with Crippen LogP contribution in [0.2, 0.25) is 0 Å². The molecule has 1 heterocycles. The van der Waals surface area contributed by atoms with Gasteiger partial charge < -0.3 is 9.47 Å². The van der Waals surface area contributed by atoms with Crippen molar-refractivity contribution >= 4 is 11.8 Å². The third-order valence-corrected chi connectivity index (χ3v) is 8.05. The summed E-state index contributed by atoms with van der Waals surface area (Å²) in [6.07, 6.45) is 9.83. The van der Waals surface area contributed by atoms with E-state index in [0.29, 0.717) is 18.3 Å². The van der Waals surface area contributed by atoms with Gasteiger partial charge in [0, 0.05) is 18.8 Å². The van der Waals surface area contributed by atoms with Crippen LogP contribution in [0.5, 0.6) is 0 Å². The van der Waals surface area contributed by atoms with Crippen molar-refractivity contribution in [2.24, 2.45) is 17.3 Å². The van der Waals surface area contributed by atoms with Crippen molar-refractivity contribution in [3.05, 3.63) is 11.6 Å². The van der Waals surface area contributed by atoms with E-state index in [0.717, 1.165) is 44.9 Å². The van der Waals surface area contributed by atoms with E-state index in [1.165, 1.54) is 12.5 Å². The van der Waals surface area contributed by atoms with Crippen LogP contribution >= 0.6 is 0 Å². The summed E-state index contributed by atoms with van der Waals surface area (Å²) in [6, 6.07) is 0. The van der Waals surface area contributed by atoms with Gasteiger partial charge in [-0.2, -0.15) is 0 Å². The molecule has 4 nitrogen and oxygen atoms in total. The number of hydrogen-bond donors (Lipinski definition) is 0. The Bertz CT molecular complexity index is 667. The van der Waals surface area contributed by atoms with Gasteiger partial charge in [-0.25, -0.2) is 0 Å². The molecule has 0 aromatic heterocycles. The largest absolute Gasteiger partial charge is 0.462 e. The van der Waals surface area contributed by atoms with Gasteiger partial charge in [0.2, 0.25) is 0 Å². The Hall–Kier alpha value is -1.16. The van der Waals surface area contributed by atoms with Crippen LogP contribution in [0.4, 0.5) is 0 Å². The lowest BCUT2D eigenvalue weighted by Crippen LogP contribution is -2.53. The summed E-state index contributed by atoms with van der Waals surface area (Å²) in [5.74, 6) is 1.26. The molecule has 3 saturated carbocycles. The molecule has 4 heteroatoms. The van der Waals surface area contributed by atoms with Gasteiger partial charge in [0.25, 0.3) is 0 Å². The van der Waals surface area contributed by atoms with E-state index in [9.17, 15) is 9.59 Å². The van der Waals surface area contributed by atoms with Crippen molar-refractivity contribution in [3.8, 4) is 0 Å². The van der Waals surface area contributed by atoms with Gasteiger partial charge in [0.1, 0.15) is 17.3 Å². The predicted octanol–water partition coefficient (Wildman–Crippen LogP) is 3.34. The van der Waals surface area contributed by atoms with Gasteiger partial charge in [-0.15, -0.1) is 0 Å². The molecule has 4 aliphatic carbocycles. The first-order valence-electron chi connectivity index (χ1n) is 9.53. The lowest BCUT2D eigenvalue weighted by atomic mass is 9.52. The quantitative estimate of drug-likeness (QED) is 0.546. The highest BCUT2D eigenvalue weighted by molar-refractivity contribution is 5.92. The molecule has 1 saturated heterocycles. The molecule has 6 atom stereocenters. The topological polar surface area (TPSA) is 55.9 Å². The first-order chi connectivity index (χ1) is 11.4. The second kappa shape index (κ2) is 4.51. The summed E-state index contributed by atoms with van der Waals surface area (Å²) in [5.41, 5.74) is 1.23. The van der Waals surface area contributed by atoms with E-state index in [1.54, 1.807) is 0 Å². The number of carbonyl (C=O) groups excluding carboxylic acids is 2. The van der Waals surface area contributed by atoms with E-state index in [1.807, 2.05) is 6.08 Å². The zero-order valence-corrected chi connectivity index (χ0v) is 14.6. The molecule has 4 fully saturated rings. The number of hydrogen-bond acceptors (Lipinski definition) is 4. The number of ether oxygens (including phenoxy) is 2. The Morgan fingerprint density at radius 1 is 1.17 bits per heavy atom. The Morgan fingerprint density at radius 3 is 2.79 bits per heavy atom. The third kappa shape index (κ3) is 1.63. The molecular formula is C20H26O4. The number of esters is 1. The fourth-order valence-corrected chi connectivity index (χ4v) is 6.97. The first kappa shape index (κ1) is 15.1. The van der Waals surface area contributed by atoms with Crippen LogP contribution < -0.4 is 0 Å². The summed E-state index contributed by atoms with van der Waals surface area (Å²) < 4.78 is 12.2. The zero-order valence-electron chi connectivity index (χ0n) is 14.6. The van der Waals surface area contributed by atoms with Crippen LogP contribution in [0.15, 0.2) is 11.6 Å². The minimum absolute atomic E-state index is 0.0208. The molecular weight excluding hydrogens is 304 g/mol. The number of epoxide rings is 1. The first-order valence-corrected chi connectivity index (χ1v) is 9.53. The van der Waals surface area contributed by atoms with Crippen LogP contribution in [0.1, 0.15) is 65.2 Å². The van der Waals surface area contributed by atoms with Gasteiger partial charge in [0.05, 0.1) is 0 Å². The molecule has 1 aliphatic heterocycles. The molecule has 0 amide bonds. The fourth-order valence-electron chi connectivity index (χ4n) is 6.97. The molecule has 0 unspecified atom stereocenters. The van der Waals surface area contributed by atoms with Crippen molar-refractivity contribution in [2.45, 2.75) is 82.5 Å². The smallest absolute Gasteiger partial charge is 0.302 e. The second-order valence-corrected chi connectivity index (χ2v) is 8.89. The summed E-state index contributed by atoms with van der Waals surface area (Å²) in [7, 11) is 0. The Labute approximate surface area is 143 Å². The van der Waals surface area contributed by atoms with Crippen molar-refractivity contribution in [1.29, 1.82) is 0 Å². The van der Waals surface area contributed by atoms with Crippen molar-refractivity contribution < 1.29 is 19.1 Å². The minimum Gasteiger partial charge on any atom is -0.462 e. The molecule has 2 spiro atoms. The highest BCUT2D eigenvalue weighted by atomic mass is 16.6. The van der Waals surface area contributed by atoms with Crippen LogP contribution in [0.25, 0.3) is 0 Å². The summed E-state index contributed by atoms with van der Waals surface area (Å²) in [4.78, 5) is 23.3. The van der Waals surface area contributed by atoms with Gasteiger partial charge in [-0.3, -0.25) is 9.59 Å². The van der Waals surface area contributed by atoms with Crippen LogP contribution in [-0.2, 0) is 19.1 Å². The van der Waals surface area contributed by atoms with E-state index < -0.39 is 0 Å². The molecule has 0 bridgehead atoms. The van der Waals surface area contributed by atoms with Crippen LogP contribution in [0, 0.1) is 17.3 Å². The van der Waals surface area contributed by atoms with Crippen LogP contribution in [-0.4, -0.2) is 29.1 Å². The maximum atomic E-state index is 11.8. The Morgan fingerprint density at radius 2 is 2.00 bits per heavy atom. The van der Waals surface area contributed by atoms with Crippen molar-refractivity contribution in [3.63, 3.8) is 0 Å². The molecule has 5 rings (SSSR count). The number of carbonyl (C=O) groups is 2. The number of ketones is 1. The van der Waals surface area contributed by atoms with Gasteiger partial charge >= 0.3 is 5.97 Å². The number of fused-ring (bicyclic) bond motifs is 2. The SMILES string of the molecule is CC(=O)O[C@@H]1CC[C@@H]2[C@H]3CCC4=CC(=O)CC[C@]45O[C@]35CC[C@@]21C. The molecule has 0 N–H and O–H groups in total. The molecule has 130 valence electrons. The molecule has 0 radical (unpaired) electrons. The van der Waals surface area contributed by atoms with Crippen molar-refractivity contribution in [1.82, 2.24) is 0 Å². The number of rotatable bonds is 1. The molecule has 24 heavy (non-hydrogen) atoms. The minimum atomic E-state index is -0.152. The average Bonchev–Trinajstić information content (AvgIpc) is 3.10. The highest BCUT2D eigenvalue weighted by Crippen LogP contribution is 2.74. The lowest BCUT2D eigenvalue weighted by Gasteiger charge is -2.50. The van der Waals surface area contributed by atoms with Crippen LogP contribution in [0.3, 0.4) is 0 Å². The fraction of sp³-hybridized carbons (Fsp3) is 0.800. The molecule has 5 aliphatic rings. The van der Waals surface area contributed by atoms with Gasteiger partial charge in [0.15, 0.2) is 5.78 Å².